The van der Waals surface area contributed by atoms with E-state index in [1.54, 1.807) is 6.07 Å². The Morgan fingerprint density at radius 2 is 1.88 bits per heavy atom. The number of hydrogen-bond acceptors (Lipinski definition) is 6. The van der Waals surface area contributed by atoms with Crippen molar-refractivity contribution in [1.82, 2.24) is 9.97 Å². The topological polar surface area (TPSA) is 102 Å². The predicted molar refractivity (Wildman–Crippen MR) is 96.5 cm³/mol. The minimum atomic E-state index is -0.662. The van der Waals surface area contributed by atoms with Gasteiger partial charge in [-0.1, -0.05) is 18.2 Å². The van der Waals surface area contributed by atoms with E-state index in [0.29, 0.717) is 5.69 Å². The number of methoxy groups -OCH3 is 1. The number of nitrogens with one attached hydrogen (secondary N) is 2. The van der Waals surface area contributed by atoms with E-state index in [9.17, 15) is 9.18 Å². The zero-order valence-electron chi connectivity index (χ0n) is 13.9. The number of carbonyl (C=O) groups is 1. The molecule has 4 N–H and O–H groups in total. The third-order valence-corrected chi connectivity index (χ3v) is 3.50. The maximum Gasteiger partial charge on any atom is 0.254 e. The molecule has 1 heterocycles. The molecule has 0 unspecified atom stereocenters. The van der Waals surface area contributed by atoms with Gasteiger partial charge in [-0.3, -0.25) is 4.79 Å². The molecule has 0 aliphatic carbocycles. The van der Waals surface area contributed by atoms with E-state index in [1.165, 1.54) is 25.4 Å². The van der Waals surface area contributed by atoms with Crippen LogP contribution in [0.15, 0.2) is 54.7 Å². The zero-order valence-corrected chi connectivity index (χ0v) is 13.9. The van der Waals surface area contributed by atoms with E-state index >= 15 is 0 Å². The molecule has 3 aromatic rings. The number of primary amides is 1. The van der Waals surface area contributed by atoms with E-state index in [1.807, 2.05) is 30.3 Å². The van der Waals surface area contributed by atoms with Gasteiger partial charge in [0.2, 0.25) is 5.95 Å². The number of nitrogens with zero attached hydrogens (tertiary/aromatic N) is 2. The zero-order chi connectivity index (χ0) is 18.5. The minimum Gasteiger partial charge on any atom is -0.494 e. The Kier molecular flexibility index (Phi) is 4.93. The van der Waals surface area contributed by atoms with Crippen LogP contribution in [-0.4, -0.2) is 23.0 Å². The van der Waals surface area contributed by atoms with Crippen LogP contribution < -0.4 is 21.1 Å². The molecule has 0 aliphatic heterocycles. The van der Waals surface area contributed by atoms with Gasteiger partial charge >= 0.3 is 0 Å². The molecule has 0 aliphatic rings. The Morgan fingerprint density at radius 3 is 2.54 bits per heavy atom. The van der Waals surface area contributed by atoms with Crippen LogP contribution in [0.4, 0.5) is 27.5 Å². The van der Waals surface area contributed by atoms with Gasteiger partial charge in [0, 0.05) is 23.6 Å². The maximum absolute atomic E-state index is 13.8. The number of amides is 1. The first kappa shape index (κ1) is 17.2. The van der Waals surface area contributed by atoms with Crippen LogP contribution in [0, 0.1) is 5.82 Å². The summed E-state index contributed by atoms with van der Waals surface area (Å²) in [4.78, 5) is 19.9. The summed E-state index contributed by atoms with van der Waals surface area (Å²) in [5.41, 5.74) is 6.68. The summed E-state index contributed by atoms with van der Waals surface area (Å²) in [6.45, 7) is 0. The van der Waals surface area contributed by atoms with Crippen molar-refractivity contribution in [3.05, 3.63) is 66.1 Å². The van der Waals surface area contributed by atoms with Crippen LogP contribution in [0.5, 0.6) is 5.75 Å². The number of carbonyl (C=O) groups excluding carboxylic acids is 1. The molecule has 0 fully saturated rings. The molecule has 3 rings (SSSR count). The fourth-order valence-corrected chi connectivity index (χ4v) is 2.25. The largest absolute Gasteiger partial charge is 0.494 e. The molecule has 132 valence electrons. The third-order valence-electron chi connectivity index (χ3n) is 3.50. The second-order valence-corrected chi connectivity index (χ2v) is 5.29. The van der Waals surface area contributed by atoms with E-state index in [4.69, 9.17) is 10.5 Å². The average Bonchev–Trinajstić information content (AvgIpc) is 2.63. The highest BCUT2D eigenvalue weighted by atomic mass is 19.1. The summed E-state index contributed by atoms with van der Waals surface area (Å²) >= 11 is 0. The molecule has 0 spiro atoms. The van der Waals surface area contributed by atoms with E-state index in [0.717, 1.165) is 5.69 Å². The average molecular weight is 353 g/mol. The van der Waals surface area contributed by atoms with Crippen LogP contribution in [0.1, 0.15) is 10.4 Å². The minimum absolute atomic E-state index is 0.131. The number of nitrogens with two attached hydrogens (primary N) is 1. The fraction of sp³-hybridized carbons (Fsp3) is 0.0556. The second kappa shape index (κ2) is 7.47. The number of rotatable bonds is 6. The molecule has 1 aromatic heterocycles. The summed E-state index contributed by atoms with van der Waals surface area (Å²) in [5, 5.41) is 5.90. The van der Waals surface area contributed by atoms with Crippen LogP contribution >= 0.6 is 0 Å². The molecule has 0 radical (unpaired) electrons. The molecule has 2 aromatic carbocycles. The Morgan fingerprint density at radius 1 is 1.12 bits per heavy atom. The molecular weight excluding hydrogens is 337 g/mol. The van der Waals surface area contributed by atoms with Crippen LogP contribution in [0.2, 0.25) is 0 Å². The molecule has 8 heteroatoms. The summed E-state index contributed by atoms with van der Waals surface area (Å²) in [6, 6.07) is 13.5. The monoisotopic (exact) mass is 353 g/mol. The van der Waals surface area contributed by atoms with Gasteiger partial charge in [-0.2, -0.15) is 4.98 Å². The number of benzene rings is 2. The van der Waals surface area contributed by atoms with Crippen LogP contribution in [-0.2, 0) is 0 Å². The van der Waals surface area contributed by atoms with Crippen molar-refractivity contribution in [1.29, 1.82) is 0 Å². The quantitative estimate of drug-likeness (QED) is 0.629. The Bertz CT molecular complexity index is 934. The van der Waals surface area contributed by atoms with Crippen LogP contribution in [0.3, 0.4) is 0 Å². The van der Waals surface area contributed by atoms with Crippen molar-refractivity contribution in [3.63, 3.8) is 0 Å². The molecule has 0 bridgehead atoms. The normalized spacial score (nSPS) is 10.2. The number of aromatic nitrogens is 2. The number of para-hydroxylation sites is 1. The molecular formula is C18H16FN5O2. The molecule has 1 amide bonds. The molecule has 0 atom stereocenters. The van der Waals surface area contributed by atoms with Crippen molar-refractivity contribution >= 4 is 29.0 Å². The van der Waals surface area contributed by atoms with Gasteiger partial charge in [-0.05, 0) is 24.3 Å². The standard InChI is InChI=1S/C18H16FN5O2/c1-26-15-8-7-12(9-14(15)19)23-18-21-10-13(16(20)25)17(24-18)22-11-5-3-2-4-6-11/h2-10H,1H3,(H2,20,25)(H2,21,22,23,24). The highest BCUT2D eigenvalue weighted by Crippen LogP contribution is 2.24. The van der Waals surface area contributed by atoms with Gasteiger partial charge in [0.25, 0.3) is 5.91 Å². The number of anilines is 4. The van der Waals surface area contributed by atoms with Gasteiger partial charge < -0.3 is 21.1 Å². The Labute approximate surface area is 149 Å². The first-order chi connectivity index (χ1) is 12.6. The van der Waals surface area contributed by atoms with Crippen molar-refractivity contribution < 1.29 is 13.9 Å². The lowest BCUT2D eigenvalue weighted by molar-refractivity contribution is 0.100. The fourth-order valence-electron chi connectivity index (χ4n) is 2.25. The lowest BCUT2D eigenvalue weighted by Gasteiger charge is -2.12. The summed E-state index contributed by atoms with van der Waals surface area (Å²) < 4.78 is 18.7. The van der Waals surface area contributed by atoms with E-state index < -0.39 is 11.7 Å². The van der Waals surface area contributed by atoms with E-state index in [-0.39, 0.29) is 23.1 Å². The molecule has 0 saturated heterocycles. The van der Waals surface area contributed by atoms with Gasteiger partial charge in [-0.25, -0.2) is 9.37 Å². The van der Waals surface area contributed by atoms with Gasteiger partial charge in [0.15, 0.2) is 11.6 Å². The summed E-state index contributed by atoms with van der Waals surface area (Å²) in [7, 11) is 1.39. The van der Waals surface area contributed by atoms with Crippen molar-refractivity contribution in [2.45, 2.75) is 0 Å². The second-order valence-electron chi connectivity index (χ2n) is 5.29. The van der Waals surface area contributed by atoms with Crippen molar-refractivity contribution in [2.75, 3.05) is 17.7 Å². The molecule has 26 heavy (non-hydrogen) atoms. The predicted octanol–water partition coefficient (Wildman–Crippen LogP) is 3.21. The van der Waals surface area contributed by atoms with Crippen LogP contribution in [0.25, 0.3) is 0 Å². The Hall–Kier alpha value is -3.68. The van der Waals surface area contributed by atoms with Gasteiger partial charge in [-0.15, -0.1) is 0 Å². The first-order valence-corrected chi connectivity index (χ1v) is 7.66. The number of hydrogen-bond donors (Lipinski definition) is 3. The summed E-state index contributed by atoms with van der Waals surface area (Å²) in [6.07, 6.45) is 1.31. The van der Waals surface area contributed by atoms with Gasteiger partial charge in [0.1, 0.15) is 11.4 Å². The first-order valence-electron chi connectivity index (χ1n) is 7.66. The lowest BCUT2D eigenvalue weighted by atomic mass is 10.2. The number of ether oxygens (including phenoxy) is 1. The smallest absolute Gasteiger partial charge is 0.254 e. The molecule has 7 nitrogen and oxygen atoms in total. The highest BCUT2D eigenvalue weighted by molar-refractivity contribution is 5.98. The van der Waals surface area contributed by atoms with E-state index in [2.05, 4.69) is 20.6 Å². The van der Waals surface area contributed by atoms with Crippen molar-refractivity contribution in [3.8, 4) is 5.75 Å². The number of halogens is 1. The summed E-state index contributed by atoms with van der Waals surface area (Å²) in [5.74, 6) is -0.625. The SMILES string of the molecule is COc1ccc(Nc2ncc(C(N)=O)c(Nc3ccccc3)n2)cc1F. The lowest BCUT2D eigenvalue weighted by Crippen LogP contribution is -2.15. The van der Waals surface area contributed by atoms with Gasteiger partial charge in [0.05, 0.1) is 7.11 Å². The Balaban J connectivity index is 1.90. The maximum atomic E-state index is 13.8. The molecule has 0 saturated carbocycles. The van der Waals surface area contributed by atoms with Crippen molar-refractivity contribution in [2.24, 2.45) is 5.73 Å². The third kappa shape index (κ3) is 3.86. The highest BCUT2D eigenvalue weighted by Gasteiger charge is 2.13.